The quantitative estimate of drug-likeness (QED) is 0.373. The molecule has 1 aliphatic rings. The molecule has 0 atom stereocenters. The van der Waals surface area contributed by atoms with Gasteiger partial charge < -0.3 is 9.80 Å². The number of hydrogen-bond donors (Lipinski definition) is 0. The maximum Gasteiger partial charge on any atom is 0.344 e. The number of nitroso groups, excluding NO2 is 1. The van der Waals surface area contributed by atoms with Gasteiger partial charge in [-0.1, -0.05) is 29.8 Å². The van der Waals surface area contributed by atoms with Crippen molar-refractivity contribution in [3.05, 3.63) is 97.1 Å². The molecule has 0 aliphatic carbocycles. The van der Waals surface area contributed by atoms with Gasteiger partial charge in [0.2, 0.25) is 0 Å². The summed E-state index contributed by atoms with van der Waals surface area (Å²) in [5.74, 6) is -0.347. The van der Waals surface area contributed by atoms with E-state index in [4.69, 9.17) is 0 Å². The van der Waals surface area contributed by atoms with Gasteiger partial charge in [0.25, 0.3) is 5.91 Å². The molecule has 36 heavy (non-hydrogen) atoms. The van der Waals surface area contributed by atoms with E-state index in [0.29, 0.717) is 47.0 Å². The van der Waals surface area contributed by atoms with Crippen molar-refractivity contribution in [2.45, 2.75) is 13.5 Å². The number of fused-ring (bicyclic) bond motifs is 1. The van der Waals surface area contributed by atoms with E-state index in [9.17, 15) is 18.9 Å². The highest BCUT2D eigenvalue weighted by Gasteiger charge is 2.32. The summed E-state index contributed by atoms with van der Waals surface area (Å²) in [5.41, 5.74) is 2.71. The Hall–Kier alpha value is -3.85. The summed E-state index contributed by atoms with van der Waals surface area (Å²) in [6, 6.07) is 15.5. The number of anilines is 1. The summed E-state index contributed by atoms with van der Waals surface area (Å²) in [4.78, 5) is 43.9. The van der Waals surface area contributed by atoms with Crippen LogP contribution in [0.3, 0.4) is 0 Å². The van der Waals surface area contributed by atoms with Crippen molar-refractivity contribution in [3.8, 4) is 0 Å². The lowest BCUT2D eigenvalue weighted by molar-refractivity contribution is -0.428. The molecule has 1 amide bonds. The Balaban J connectivity index is 1.57. The molecular weight excluding hydrogens is 479 g/mol. The van der Waals surface area contributed by atoms with Gasteiger partial charge in [0.05, 0.1) is 16.9 Å². The topological polar surface area (TPSA) is 65.6 Å². The lowest BCUT2D eigenvalue weighted by Crippen LogP contribution is -2.49. The standard InChI is InChI=1S/C27H26FN4O3S/c1-18-5-10-22-21(16-18)24(30-11-13-31(14-12-30)26(33)23-4-3-15-36-23)25(29(2)35)27(34)32(22)17-19-6-8-20(28)9-7-19/h3-10,15-16H,11-14,17H2,1-2H3/q+1. The fourth-order valence-corrected chi connectivity index (χ4v) is 5.45. The van der Waals surface area contributed by atoms with Gasteiger partial charge in [-0.25, -0.2) is 4.39 Å². The third kappa shape index (κ3) is 4.42. The lowest BCUT2D eigenvalue weighted by Gasteiger charge is -2.36. The van der Waals surface area contributed by atoms with E-state index in [1.54, 1.807) is 16.7 Å². The number of rotatable bonds is 5. The van der Waals surface area contributed by atoms with Gasteiger partial charge in [0.1, 0.15) is 11.5 Å². The molecule has 2 aromatic heterocycles. The number of nitrogens with zero attached hydrogens (tertiary/aromatic N) is 4. The minimum atomic E-state index is -0.403. The maximum absolute atomic E-state index is 13.7. The molecule has 0 unspecified atom stereocenters. The maximum atomic E-state index is 13.7. The first-order valence-electron chi connectivity index (χ1n) is 11.7. The number of thiophene rings is 1. The number of carbonyl (C=O) groups is 1. The van der Waals surface area contributed by atoms with E-state index in [-0.39, 0.29) is 24.0 Å². The van der Waals surface area contributed by atoms with Gasteiger partial charge in [-0.2, -0.15) is 0 Å². The minimum Gasteiger partial charge on any atom is -0.362 e. The number of pyridine rings is 1. The fraction of sp³-hybridized carbons (Fsp3) is 0.259. The summed E-state index contributed by atoms with van der Waals surface area (Å²) in [7, 11) is 1.33. The van der Waals surface area contributed by atoms with E-state index < -0.39 is 5.56 Å². The number of aryl methyl sites for hydroxylation is 1. The third-order valence-electron chi connectivity index (χ3n) is 6.55. The number of amides is 1. The average molecular weight is 506 g/mol. The SMILES string of the molecule is Cc1ccc2c(c1)c(N1CCN(C(=O)c3cccs3)CC1)c([N+](C)=O)c(=O)n2Cc1ccc(F)cc1. The first-order chi connectivity index (χ1) is 17.3. The zero-order valence-electron chi connectivity index (χ0n) is 20.1. The van der Waals surface area contributed by atoms with Crippen LogP contribution in [0.5, 0.6) is 0 Å². The molecule has 184 valence electrons. The zero-order valence-corrected chi connectivity index (χ0v) is 20.9. The molecule has 0 radical (unpaired) electrons. The molecular formula is C27H26FN4O3S+. The van der Waals surface area contributed by atoms with Crippen LogP contribution in [-0.4, -0.2) is 53.4 Å². The van der Waals surface area contributed by atoms with Crippen LogP contribution in [0, 0.1) is 17.6 Å². The Bertz CT molecular complexity index is 1510. The Morgan fingerprint density at radius 1 is 1.06 bits per heavy atom. The predicted octanol–water partition coefficient (Wildman–Crippen LogP) is 4.56. The molecule has 4 aromatic rings. The van der Waals surface area contributed by atoms with E-state index in [1.807, 2.05) is 52.4 Å². The molecule has 0 bridgehead atoms. The molecule has 0 spiro atoms. The van der Waals surface area contributed by atoms with Gasteiger partial charge in [0, 0.05) is 41.2 Å². The second kappa shape index (κ2) is 9.66. The summed E-state index contributed by atoms with van der Waals surface area (Å²) >= 11 is 1.42. The van der Waals surface area contributed by atoms with Crippen molar-refractivity contribution in [2.24, 2.45) is 0 Å². The first kappa shape index (κ1) is 23.9. The van der Waals surface area contributed by atoms with Crippen LogP contribution in [0.4, 0.5) is 15.8 Å². The van der Waals surface area contributed by atoms with E-state index >= 15 is 0 Å². The van der Waals surface area contributed by atoms with Gasteiger partial charge in [-0.05, 0) is 48.2 Å². The summed E-state index contributed by atoms with van der Waals surface area (Å²) in [5, 5.41) is 2.68. The Morgan fingerprint density at radius 2 is 1.78 bits per heavy atom. The van der Waals surface area contributed by atoms with Gasteiger partial charge in [0.15, 0.2) is 7.05 Å². The molecule has 2 aromatic carbocycles. The van der Waals surface area contributed by atoms with Gasteiger partial charge in [-0.15, -0.1) is 11.3 Å². The molecule has 9 heteroatoms. The number of hydrogen-bond acceptors (Lipinski definition) is 5. The third-order valence-corrected chi connectivity index (χ3v) is 7.41. The summed E-state index contributed by atoms with van der Waals surface area (Å²) in [6.45, 7) is 4.17. The van der Waals surface area contributed by atoms with Crippen LogP contribution < -0.4 is 10.5 Å². The first-order valence-corrected chi connectivity index (χ1v) is 12.6. The summed E-state index contributed by atoms with van der Waals surface area (Å²) < 4.78 is 15.6. The highest BCUT2D eigenvalue weighted by molar-refractivity contribution is 7.12. The smallest absolute Gasteiger partial charge is 0.344 e. The van der Waals surface area contributed by atoms with Crippen LogP contribution in [0.2, 0.25) is 0 Å². The van der Waals surface area contributed by atoms with Crippen LogP contribution >= 0.6 is 11.3 Å². The Kier molecular flexibility index (Phi) is 6.40. The Morgan fingerprint density at radius 3 is 2.42 bits per heavy atom. The van der Waals surface area contributed by atoms with Crippen molar-refractivity contribution in [3.63, 3.8) is 0 Å². The average Bonchev–Trinajstić information content (AvgIpc) is 3.41. The van der Waals surface area contributed by atoms with Crippen molar-refractivity contribution >= 4 is 39.5 Å². The van der Waals surface area contributed by atoms with E-state index in [2.05, 4.69) is 0 Å². The molecule has 7 nitrogen and oxygen atoms in total. The highest BCUT2D eigenvalue weighted by Crippen LogP contribution is 2.35. The van der Waals surface area contributed by atoms with Gasteiger partial charge in [-0.3, -0.25) is 14.2 Å². The molecule has 3 heterocycles. The van der Waals surface area contributed by atoms with Crippen molar-refractivity contribution in [1.82, 2.24) is 9.47 Å². The fourth-order valence-electron chi connectivity index (χ4n) is 4.76. The molecule has 1 aliphatic heterocycles. The largest absolute Gasteiger partial charge is 0.362 e. The predicted molar refractivity (Wildman–Crippen MR) is 140 cm³/mol. The lowest BCUT2D eigenvalue weighted by atomic mass is 10.1. The van der Waals surface area contributed by atoms with Crippen molar-refractivity contribution in [2.75, 3.05) is 38.1 Å². The number of aromatic nitrogens is 1. The van der Waals surface area contributed by atoms with Gasteiger partial charge >= 0.3 is 11.2 Å². The van der Waals surface area contributed by atoms with Crippen LogP contribution in [-0.2, 0) is 6.54 Å². The zero-order chi connectivity index (χ0) is 25.4. The number of benzene rings is 2. The van der Waals surface area contributed by atoms with Crippen LogP contribution in [0.25, 0.3) is 10.9 Å². The highest BCUT2D eigenvalue weighted by atomic mass is 32.1. The van der Waals surface area contributed by atoms with Crippen LogP contribution in [0.15, 0.2) is 64.8 Å². The van der Waals surface area contributed by atoms with E-state index in [1.165, 1.54) is 30.5 Å². The number of carbonyl (C=O) groups excluding carboxylic acids is 1. The Labute approximate surface area is 211 Å². The van der Waals surface area contributed by atoms with Crippen molar-refractivity contribution < 1.29 is 13.9 Å². The molecule has 0 saturated carbocycles. The normalized spacial score (nSPS) is 13.9. The molecule has 0 N–H and O–H groups in total. The molecule has 1 fully saturated rings. The second-order valence-corrected chi connectivity index (χ2v) is 9.94. The van der Waals surface area contributed by atoms with Crippen molar-refractivity contribution in [1.29, 1.82) is 0 Å². The minimum absolute atomic E-state index is 0.00114. The number of halogens is 1. The van der Waals surface area contributed by atoms with E-state index in [0.717, 1.165) is 16.5 Å². The molecule has 5 rings (SSSR count). The molecule has 1 saturated heterocycles. The monoisotopic (exact) mass is 505 g/mol. The number of piperazine rings is 1. The summed E-state index contributed by atoms with van der Waals surface area (Å²) in [6.07, 6.45) is 0. The van der Waals surface area contributed by atoms with Crippen LogP contribution in [0.1, 0.15) is 20.8 Å². The second-order valence-electron chi connectivity index (χ2n) is 8.99.